The molecule has 1 unspecified atom stereocenters. The van der Waals surface area contributed by atoms with Gasteiger partial charge in [0.05, 0.1) is 17.9 Å². The minimum Gasteiger partial charge on any atom is -0.465 e. The van der Waals surface area contributed by atoms with Gasteiger partial charge in [-0.1, -0.05) is 60.8 Å². The lowest BCUT2D eigenvalue weighted by atomic mass is 9.96. The first-order valence-electron chi connectivity index (χ1n) is 15.7. The summed E-state index contributed by atoms with van der Waals surface area (Å²) in [5, 5.41) is 9.16. The summed E-state index contributed by atoms with van der Waals surface area (Å²) in [6.07, 6.45) is 7.58. The third-order valence-electron chi connectivity index (χ3n) is 7.78. The van der Waals surface area contributed by atoms with E-state index in [2.05, 4.69) is 16.0 Å². The summed E-state index contributed by atoms with van der Waals surface area (Å²) < 4.78 is 5.10. The number of carbonyl (C=O) groups is 4. The number of thiophene rings is 1. The normalized spacial score (nSPS) is 13.7. The van der Waals surface area contributed by atoms with E-state index in [1.54, 1.807) is 85.8 Å². The molecular weight excluding hydrogens is 666 g/mol. The Balaban J connectivity index is 1.29. The van der Waals surface area contributed by atoms with Crippen molar-refractivity contribution in [2.45, 2.75) is 55.6 Å². The van der Waals surface area contributed by atoms with Crippen molar-refractivity contribution in [3.63, 3.8) is 0 Å². The summed E-state index contributed by atoms with van der Waals surface area (Å²) in [6, 6.07) is 22.6. The van der Waals surface area contributed by atoms with Crippen LogP contribution in [0.15, 0.2) is 89.5 Å². The molecule has 4 aromatic rings. The Morgan fingerprint density at radius 1 is 0.896 bits per heavy atom. The number of nitrogens with one attached hydrogen (secondary N) is 3. The van der Waals surface area contributed by atoms with Crippen LogP contribution in [0.5, 0.6) is 0 Å². The highest BCUT2D eigenvalue weighted by Crippen LogP contribution is 2.38. The molecular formula is C37H36ClN3O5S2. The van der Waals surface area contributed by atoms with Crippen LogP contribution in [0.4, 0.5) is 10.7 Å². The van der Waals surface area contributed by atoms with Crippen molar-refractivity contribution in [2.75, 3.05) is 17.7 Å². The molecule has 0 saturated carbocycles. The van der Waals surface area contributed by atoms with Gasteiger partial charge in [-0.25, -0.2) is 4.79 Å². The second-order valence-corrected chi connectivity index (χ2v) is 14.2. The van der Waals surface area contributed by atoms with Crippen molar-refractivity contribution in [2.24, 2.45) is 0 Å². The fraction of sp³-hybridized carbons (Fsp3) is 0.243. The molecule has 0 bridgehead atoms. The number of fused-ring (bicyclic) bond motifs is 1. The molecule has 1 aliphatic rings. The molecule has 8 nitrogen and oxygen atoms in total. The zero-order chi connectivity index (χ0) is 34.0. The van der Waals surface area contributed by atoms with E-state index in [9.17, 15) is 19.2 Å². The number of halogens is 1. The van der Waals surface area contributed by atoms with Gasteiger partial charge in [0.1, 0.15) is 10.7 Å². The first-order valence-corrected chi connectivity index (χ1v) is 17.7. The van der Waals surface area contributed by atoms with Crippen LogP contribution in [0.2, 0.25) is 5.02 Å². The van der Waals surface area contributed by atoms with Crippen LogP contribution in [0, 0.1) is 0 Å². The van der Waals surface area contributed by atoms with Gasteiger partial charge in [-0.3, -0.25) is 14.4 Å². The Labute approximate surface area is 293 Å². The zero-order valence-corrected chi connectivity index (χ0v) is 29.0. The van der Waals surface area contributed by atoms with E-state index in [-0.39, 0.29) is 11.6 Å². The Morgan fingerprint density at radius 3 is 2.35 bits per heavy atom. The molecule has 0 spiro atoms. The zero-order valence-electron chi connectivity index (χ0n) is 26.6. The van der Waals surface area contributed by atoms with Crippen LogP contribution in [0.3, 0.4) is 0 Å². The molecule has 0 radical (unpaired) electrons. The molecule has 48 heavy (non-hydrogen) atoms. The van der Waals surface area contributed by atoms with Crippen molar-refractivity contribution < 1.29 is 23.9 Å². The van der Waals surface area contributed by atoms with Crippen molar-refractivity contribution in [3.05, 3.63) is 117 Å². The predicted molar refractivity (Wildman–Crippen MR) is 194 cm³/mol. The van der Waals surface area contributed by atoms with Crippen LogP contribution in [-0.2, 0) is 27.2 Å². The lowest BCUT2D eigenvalue weighted by molar-refractivity contribution is -0.115. The Bertz CT molecular complexity index is 1820. The van der Waals surface area contributed by atoms with Gasteiger partial charge in [-0.15, -0.1) is 23.1 Å². The van der Waals surface area contributed by atoms with Crippen molar-refractivity contribution >= 4 is 75.2 Å². The molecule has 3 amide bonds. The third-order valence-corrected chi connectivity index (χ3v) is 10.3. The molecule has 1 aromatic heterocycles. The lowest BCUT2D eigenvalue weighted by Gasteiger charge is -2.14. The Kier molecular flexibility index (Phi) is 12.1. The van der Waals surface area contributed by atoms with Gasteiger partial charge in [0.2, 0.25) is 5.91 Å². The second kappa shape index (κ2) is 16.6. The fourth-order valence-electron chi connectivity index (χ4n) is 5.31. The number of benzene rings is 3. The van der Waals surface area contributed by atoms with Crippen molar-refractivity contribution in [1.82, 2.24) is 5.32 Å². The lowest BCUT2D eigenvalue weighted by Crippen LogP contribution is -2.30. The van der Waals surface area contributed by atoms with E-state index in [1.807, 2.05) is 6.07 Å². The standard InChI is InChI=1S/C37H36ClN3O5S2/c1-23(33(42)41-36-32(37(45)46-2)29-15-8-3-4-9-16-31(29)48-36)47-28-14-10-13-27(22-28)39-35(44)30(21-24-17-19-26(38)20-18-24)40-34(43)25-11-6-5-7-12-25/h5-7,10-14,17-23H,3-4,8-9,15-16H2,1-2H3,(H,39,44)(H,40,43)(H,41,42)/b30-21+. The number of ether oxygens (including phenoxy) is 1. The maximum atomic E-state index is 13.5. The number of hydrogen-bond donors (Lipinski definition) is 3. The molecule has 0 aliphatic heterocycles. The monoisotopic (exact) mass is 701 g/mol. The maximum Gasteiger partial charge on any atom is 0.341 e. The Hall–Kier alpha value is -4.38. The second-order valence-electron chi connectivity index (χ2n) is 11.3. The molecule has 3 aromatic carbocycles. The summed E-state index contributed by atoms with van der Waals surface area (Å²) in [4.78, 5) is 54.5. The quantitative estimate of drug-likeness (QED) is 0.0870. The van der Waals surface area contributed by atoms with E-state index >= 15 is 0 Å². The molecule has 3 N–H and O–H groups in total. The molecule has 1 heterocycles. The van der Waals surface area contributed by atoms with Crippen molar-refractivity contribution in [3.8, 4) is 0 Å². The number of rotatable bonds is 10. The first-order chi connectivity index (χ1) is 23.2. The van der Waals surface area contributed by atoms with Gasteiger partial charge in [0, 0.05) is 26.0 Å². The molecule has 248 valence electrons. The van der Waals surface area contributed by atoms with E-state index in [4.69, 9.17) is 16.3 Å². The Morgan fingerprint density at radius 2 is 1.62 bits per heavy atom. The number of hydrogen-bond acceptors (Lipinski definition) is 7. The number of carbonyl (C=O) groups excluding carboxylic acids is 4. The predicted octanol–water partition coefficient (Wildman–Crippen LogP) is 8.38. The summed E-state index contributed by atoms with van der Waals surface area (Å²) >= 11 is 8.82. The van der Waals surface area contributed by atoms with Gasteiger partial charge >= 0.3 is 5.97 Å². The van der Waals surface area contributed by atoms with E-state index in [1.165, 1.54) is 30.2 Å². The van der Waals surface area contributed by atoms with E-state index in [0.717, 1.165) is 53.9 Å². The minimum atomic E-state index is -0.522. The van der Waals surface area contributed by atoms with Crippen molar-refractivity contribution in [1.29, 1.82) is 0 Å². The highest BCUT2D eigenvalue weighted by atomic mass is 35.5. The van der Waals surface area contributed by atoms with Crippen LogP contribution in [0.25, 0.3) is 6.08 Å². The SMILES string of the molecule is COC(=O)c1c(NC(=O)C(C)Sc2cccc(NC(=O)/C(=C\c3ccc(Cl)cc3)NC(=O)c3ccccc3)c2)sc2c1CCCCCC2. The fourth-order valence-corrected chi connectivity index (χ4v) is 7.64. The van der Waals surface area contributed by atoms with Crippen LogP contribution in [-0.4, -0.2) is 36.1 Å². The number of esters is 1. The highest BCUT2D eigenvalue weighted by Gasteiger charge is 2.27. The summed E-state index contributed by atoms with van der Waals surface area (Å²) in [7, 11) is 1.36. The number of thioether (sulfide) groups is 1. The highest BCUT2D eigenvalue weighted by molar-refractivity contribution is 8.00. The summed E-state index contributed by atoms with van der Waals surface area (Å²) in [5.41, 5.74) is 3.08. The molecule has 11 heteroatoms. The topological polar surface area (TPSA) is 114 Å². The number of amides is 3. The van der Waals surface area contributed by atoms with Crippen LogP contribution in [0.1, 0.15) is 69.3 Å². The third kappa shape index (κ3) is 9.15. The summed E-state index contributed by atoms with van der Waals surface area (Å²) in [6.45, 7) is 1.79. The smallest absolute Gasteiger partial charge is 0.341 e. The average molecular weight is 702 g/mol. The number of aryl methyl sites for hydroxylation is 1. The number of methoxy groups -OCH3 is 1. The molecule has 0 saturated heterocycles. The van der Waals surface area contributed by atoms with E-state index in [0.29, 0.717) is 32.4 Å². The number of anilines is 2. The van der Waals surface area contributed by atoms with Gasteiger partial charge in [-0.05, 0) is 92.3 Å². The summed E-state index contributed by atoms with van der Waals surface area (Å²) in [5.74, 6) is -1.63. The van der Waals surface area contributed by atoms with Crippen LogP contribution >= 0.6 is 34.7 Å². The van der Waals surface area contributed by atoms with Crippen LogP contribution < -0.4 is 16.0 Å². The largest absolute Gasteiger partial charge is 0.465 e. The van der Waals surface area contributed by atoms with Gasteiger partial charge in [-0.2, -0.15) is 0 Å². The average Bonchev–Trinajstić information content (AvgIpc) is 3.40. The van der Waals surface area contributed by atoms with E-state index < -0.39 is 23.0 Å². The maximum absolute atomic E-state index is 13.5. The van der Waals surface area contributed by atoms with Gasteiger partial charge < -0.3 is 20.7 Å². The minimum absolute atomic E-state index is 0.0449. The molecule has 5 rings (SSSR count). The molecule has 0 fully saturated rings. The first kappa shape index (κ1) is 34.9. The van der Waals surface area contributed by atoms with Gasteiger partial charge in [0.25, 0.3) is 11.8 Å². The van der Waals surface area contributed by atoms with Gasteiger partial charge in [0.15, 0.2) is 0 Å². The molecule has 1 aliphatic carbocycles. The molecule has 1 atom stereocenters.